The van der Waals surface area contributed by atoms with Crippen LogP contribution in [0.25, 0.3) is 0 Å². The van der Waals surface area contributed by atoms with E-state index in [-0.39, 0.29) is 5.24 Å². The second-order valence-corrected chi connectivity index (χ2v) is 4.60. The number of methoxy groups -OCH3 is 1. The molecule has 0 saturated carbocycles. The highest BCUT2D eigenvalue weighted by Crippen LogP contribution is 2.21. The van der Waals surface area contributed by atoms with Crippen LogP contribution in [0.4, 0.5) is 10.5 Å². The molecule has 0 spiro atoms. The first-order chi connectivity index (χ1) is 8.78. The first-order valence-electron chi connectivity index (χ1n) is 5.46. The molecule has 0 aromatic heterocycles. The van der Waals surface area contributed by atoms with Gasteiger partial charge in [-0.25, -0.2) is 0 Å². The number of rotatable bonds is 3. The average Bonchev–Trinajstić information content (AvgIpc) is 2.40. The Labute approximate surface area is 110 Å². The zero-order valence-corrected chi connectivity index (χ0v) is 10.7. The second-order valence-electron chi connectivity index (χ2n) is 3.56. The molecule has 0 bridgehead atoms. The van der Waals surface area contributed by atoms with Crippen molar-refractivity contribution < 1.29 is 9.53 Å². The van der Waals surface area contributed by atoms with Crippen LogP contribution in [-0.2, 0) is 0 Å². The molecule has 0 heterocycles. The summed E-state index contributed by atoms with van der Waals surface area (Å²) in [7, 11) is 1.61. The van der Waals surface area contributed by atoms with Crippen molar-refractivity contribution in [2.75, 3.05) is 12.4 Å². The van der Waals surface area contributed by atoms with Crippen molar-refractivity contribution in [1.82, 2.24) is 0 Å². The lowest BCUT2D eigenvalue weighted by atomic mass is 10.3. The number of anilines is 1. The minimum atomic E-state index is -0.105. The number of carbonyl (C=O) groups excluding carboxylic acids is 1. The highest BCUT2D eigenvalue weighted by molar-refractivity contribution is 8.13. The second kappa shape index (κ2) is 6.12. The number of ether oxygens (including phenoxy) is 1. The standard InChI is InChI=1S/C14H13NO2S/c1-17-12-9-7-11(8-10-12)15-14(16)18-13-5-3-2-4-6-13/h2-10H,1H3,(H,15,16). The normalized spacial score (nSPS) is 9.83. The van der Waals surface area contributed by atoms with E-state index in [1.54, 1.807) is 7.11 Å². The predicted octanol–water partition coefficient (Wildman–Crippen LogP) is 4.02. The maximum Gasteiger partial charge on any atom is 0.288 e. The van der Waals surface area contributed by atoms with E-state index in [9.17, 15) is 4.79 Å². The SMILES string of the molecule is COc1ccc(NC(=O)Sc2ccccc2)cc1. The van der Waals surface area contributed by atoms with Gasteiger partial charge in [-0.1, -0.05) is 18.2 Å². The van der Waals surface area contributed by atoms with Crippen molar-refractivity contribution in [3.05, 3.63) is 54.6 Å². The van der Waals surface area contributed by atoms with Crippen LogP contribution in [0.3, 0.4) is 0 Å². The van der Waals surface area contributed by atoms with Gasteiger partial charge in [0.2, 0.25) is 0 Å². The first-order valence-corrected chi connectivity index (χ1v) is 6.27. The van der Waals surface area contributed by atoms with Gasteiger partial charge >= 0.3 is 0 Å². The van der Waals surface area contributed by atoms with E-state index in [0.717, 1.165) is 16.3 Å². The molecule has 1 amide bonds. The Balaban J connectivity index is 1.94. The van der Waals surface area contributed by atoms with Crippen LogP contribution in [0.2, 0.25) is 0 Å². The quantitative estimate of drug-likeness (QED) is 0.846. The highest BCUT2D eigenvalue weighted by atomic mass is 32.2. The molecule has 3 nitrogen and oxygen atoms in total. The van der Waals surface area contributed by atoms with Gasteiger partial charge in [0.25, 0.3) is 5.24 Å². The molecule has 0 radical (unpaired) electrons. The number of hydrogen-bond acceptors (Lipinski definition) is 3. The Kier molecular flexibility index (Phi) is 4.25. The Morgan fingerprint density at radius 1 is 1.06 bits per heavy atom. The van der Waals surface area contributed by atoms with E-state index in [0.29, 0.717) is 0 Å². The van der Waals surface area contributed by atoms with Crippen molar-refractivity contribution in [2.45, 2.75) is 4.90 Å². The van der Waals surface area contributed by atoms with Gasteiger partial charge in [-0.3, -0.25) is 4.79 Å². The lowest BCUT2D eigenvalue weighted by molar-refractivity contribution is 0.270. The van der Waals surface area contributed by atoms with Crippen molar-refractivity contribution >= 4 is 22.7 Å². The molecule has 2 rings (SSSR count). The fourth-order valence-electron chi connectivity index (χ4n) is 1.41. The summed E-state index contributed by atoms with van der Waals surface area (Å²) in [6.45, 7) is 0. The first kappa shape index (κ1) is 12.5. The smallest absolute Gasteiger partial charge is 0.288 e. The minimum Gasteiger partial charge on any atom is -0.497 e. The summed E-state index contributed by atoms with van der Waals surface area (Å²) >= 11 is 1.17. The Hall–Kier alpha value is -1.94. The minimum absolute atomic E-state index is 0.105. The van der Waals surface area contributed by atoms with Crippen molar-refractivity contribution in [2.24, 2.45) is 0 Å². The lowest BCUT2D eigenvalue weighted by Crippen LogP contribution is -2.04. The van der Waals surface area contributed by atoms with E-state index in [1.165, 1.54) is 11.8 Å². The van der Waals surface area contributed by atoms with Crippen molar-refractivity contribution in [3.8, 4) is 5.75 Å². The molecule has 2 aromatic rings. The van der Waals surface area contributed by atoms with Crippen molar-refractivity contribution in [1.29, 1.82) is 0 Å². The number of hydrogen-bond donors (Lipinski definition) is 1. The fourth-order valence-corrected chi connectivity index (χ4v) is 2.09. The van der Waals surface area contributed by atoms with Gasteiger partial charge in [0, 0.05) is 10.6 Å². The maximum absolute atomic E-state index is 11.8. The molecule has 2 aromatic carbocycles. The van der Waals surface area contributed by atoms with Crippen LogP contribution in [0.5, 0.6) is 5.75 Å². The Morgan fingerprint density at radius 2 is 1.72 bits per heavy atom. The number of amides is 1. The van der Waals surface area contributed by atoms with E-state index in [1.807, 2.05) is 54.6 Å². The molecule has 18 heavy (non-hydrogen) atoms. The van der Waals surface area contributed by atoms with Crippen LogP contribution in [0.15, 0.2) is 59.5 Å². The number of benzene rings is 2. The number of carbonyl (C=O) groups is 1. The molecule has 92 valence electrons. The summed E-state index contributed by atoms with van der Waals surface area (Å²) in [5.74, 6) is 0.767. The van der Waals surface area contributed by atoms with Crippen LogP contribution in [0.1, 0.15) is 0 Å². The molecule has 4 heteroatoms. The molecule has 0 aliphatic heterocycles. The number of thioether (sulfide) groups is 1. The summed E-state index contributed by atoms with van der Waals surface area (Å²) < 4.78 is 5.05. The zero-order chi connectivity index (χ0) is 12.8. The van der Waals surface area contributed by atoms with Gasteiger partial charge in [-0.2, -0.15) is 0 Å². The molecule has 0 aliphatic carbocycles. The van der Waals surface area contributed by atoms with Crippen LogP contribution in [0, 0.1) is 0 Å². The van der Waals surface area contributed by atoms with Gasteiger partial charge in [0.05, 0.1) is 7.11 Å². The summed E-state index contributed by atoms with van der Waals surface area (Å²) in [6.07, 6.45) is 0. The Bertz CT molecular complexity index is 511. The summed E-state index contributed by atoms with van der Waals surface area (Å²) in [5, 5.41) is 2.70. The third kappa shape index (κ3) is 3.53. The van der Waals surface area contributed by atoms with E-state index in [4.69, 9.17) is 4.74 Å². The van der Waals surface area contributed by atoms with E-state index >= 15 is 0 Å². The molecular formula is C14H13NO2S. The Morgan fingerprint density at radius 3 is 2.33 bits per heavy atom. The summed E-state index contributed by atoms with van der Waals surface area (Å²) in [4.78, 5) is 12.7. The van der Waals surface area contributed by atoms with Gasteiger partial charge in [0.15, 0.2) is 0 Å². The van der Waals surface area contributed by atoms with Crippen LogP contribution < -0.4 is 10.1 Å². The summed E-state index contributed by atoms with van der Waals surface area (Å²) in [5.41, 5.74) is 0.754. The maximum atomic E-state index is 11.8. The molecule has 1 N–H and O–H groups in total. The van der Waals surface area contributed by atoms with Crippen molar-refractivity contribution in [3.63, 3.8) is 0 Å². The average molecular weight is 259 g/mol. The largest absolute Gasteiger partial charge is 0.497 e. The monoisotopic (exact) mass is 259 g/mol. The molecule has 0 atom stereocenters. The molecular weight excluding hydrogens is 246 g/mol. The van der Waals surface area contributed by atoms with E-state index < -0.39 is 0 Å². The van der Waals surface area contributed by atoms with Gasteiger partial charge in [0.1, 0.15) is 5.75 Å². The molecule has 0 fully saturated rings. The lowest BCUT2D eigenvalue weighted by Gasteiger charge is -2.05. The third-order valence-electron chi connectivity index (χ3n) is 2.29. The fraction of sp³-hybridized carbons (Fsp3) is 0.0714. The van der Waals surface area contributed by atoms with Gasteiger partial charge in [-0.15, -0.1) is 0 Å². The summed E-state index contributed by atoms with van der Waals surface area (Å²) in [6, 6.07) is 16.8. The third-order valence-corrected chi connectivity index (χ3v) is 3.09. The van der Waals surface area contributed by atoms with Gasteiger partial charge < -0.3 is 10.1 Å². The van der Waals surface area contributed by atoms with Crippen LogP contribution >= 0.6 is 11.8 Å². The zero-order valence-electron chi connectivity index (χ0n) is 9.92. The molecule has 0 saturated heterocycles. The highest BCUT2D eigenvalue weighted by Gasteiger charge is 2.04. The molecule has 0 unspecified atom stereocenters. The predicted molar refractivity (Wildman–Crippen MR) is 74.3 cm³/mol. The van der Waals surface area contributed by atoms with Gasteiger partial charge in [-0.05, 0) is 48.2 Å². The van der Waals surface area contributed by atoms with E-state index in [2.05, 4.69) is 5.32 Å². The van der Waals surface area contributed by atoms with Crippen LogP contribution in [-0.4, -0.2) is 12.3 Å². The number of nitrogens with one attached hydrogen (secondary N) is 1. The molecule has 0 aliphatic rings. The topological polar surface area (TPSA) is 38.3 Å².